The van der Waals surface area contributed by atoms with Crippen molar-refractivity contribution in [3.05, 3.63) is 59.3 Å². The van der Waals surface area contributed by atoms with Crippen LogP contribution in [0.3, 0.4) is 0 Å². The summed E-state index contributed by atoms with van der Waals surface area (Å²) in [6.07, 6.45) is -3.02. The van der Waals surface area contributed by atoms with Gasteiger partial charge in [-0.3, -0.25) is 9.69 Å². The van der Waals surface area contributed by atoms with E-state index in [0.29, 0.717) is 18.1 Å². The topological polar surface area (TPSA) is 71.5 Å². The molecule has 3 rings (SSSR count). The van der Waals surface area contributed by atoms with Crippen molar-refractivity contribution < 1.29 is 27.5 Å². The van der Waals surface area contributed by atoms with Crippen molar-refractivity contribution in [3.8, 4) is 5.88 Å². The van der Waals surface area contributed by atoms with Crippen molar-refractivity contribution in [3.63, 3.8) is 0 Å². The first kappa shape index (κ1) is 18.7. The Labute approximate surface area is 152 Å². The predicted octanol–water partition coefficient (Wildman–Crippen LogP) is 3.29. The van der Waals surface area contributed by atoms with E-state index in [2.05, 4.69) is 10.3 Å². The second-order valence-electron chi connectivity index (χ2n) is 5.83. The molecule has 1 saturated heterocycles. The fourth-order valence-electron chi connectivity index (χ4n) is 2.77. The number of ether oxygens (including phenoxy) is 1. The summed E-state index contributed by atoms with van der Waals surface area (Å²) in [7, 11) is 0. The standard InChI is InChI=1S/C18H16F3N3O3/c1-2-27-15-12(6-4-8-22-15)10-24-16(25)14(23-17(24)26)11-5-3-7-13(9-11)18(19,20)21/h3-9,14H,2,10H2,1H3,(H,23,26). The number of pyridine rings is 1. The van der Waals surface area contributed by atoms with E-state index in [0.717, 1.165) is 17.0 Å². The van der Waals surface area contributed by atoms with Crippen molar-refractivity contribution in [2.75, 3.05) is 6.61 Å². The van der Waals surface area contributed by atoms with E-state index in [1.165, 1.54) is 18.3 Å². The van der Waals surface area contributed by atoms with Gasteiger partial charge in [0.1, 0.15) is 6.04 Å². The molecule has 0 saturated carbocycles. The zero-order valence-corrected chi connectivity index (χ0v) is 14.3. The highest BCUT2D eigenvalue weighted by atomic mass is 19.4. The molecule has 2 heterocycles. The molecular formula is C18H16F3N3O3. The molecule has 1 aliphatic heterocycles. The molecule has 2 aromatic rings. The molecule has 142 valence electrons. The van der Waals surface area contributed by atoms with Gasteiger partial charge in [-0.1, -0.05) is 18.2 Å². The molecule has 1 unspecified atom stereocenters. The van der Waals surface area contributed by atoms with E-state index >= 15 is 0 Å². The number of nitrogens with zero attached hydrogens (tertiary/aromatic N) is 2. The lowest BCUT2D eigenvalue weighted by Crippen LogP contribution is -2.30. The second-order valence-corrected chi connectivity index (χ2v) is 5.83. The van der Waals surface area contributed by atoms with Crippen LogP contribution in [-0.4, -0.2) is 28.4 Å². The Balaban J connectivity index is 1.84. The molecule has 27 heavy (non-hydrogen) atoms. The molecule has 1 aliphatic rings. The van der Waals surface area contributed by atoms with Gasteiger partial charge in [-0.05, 0) is 30.7 Å². The number of rotatable bonds is 5. The van der Waals surface area contributed by atoms with Gasteiger partial charge in [-0.25, -0.2) is 9.78 Å². The number of imide groups is 1. The zero-order chi connectivity index (χ0) is 19.6. The quantitative estimate of drug-likeness (QED) is 0.810. The van der Waals surface area contributed by atoms with E-state index in [1.807, 2.05) is 0 Å². The Kier molecular flexibility index (Phi) is 5.02. The van der Waals surface area contributed by atoms with Crippen molar-refractivity contribution in [1.29, 1.82) is 0 Å². The number of amides is 3. The van der Waals surface area contributed by atoms with Gasteiger partial charge in [0.05, 0.1) is 18.7 Å². The number of aromatic nitrogens is 1. The summed E-state index contributed by atoms with van der Waals surface area (Å²) < 4.78 is 44.1. The number of benzene rings is 1. The summed E-state index contributed by atoms with van der Waals surface area (Å²) in [5.74, 6) is -0.339. The Morgan fingerprint density at radius 3 is 2.70 bits per heavy atom. The lowest BCUT2D eigenvalue weighted by atomic mass is 10.0. The van der Waals surface area contributed by atoms with Crippen molar-refractivity contribution in [2.24, 2.45) is 0 Å². The van der Waals surface area contributed by atoms with Gasteiger partial charge in [0.15, 0.2) is 0 Å². The van der Waals surface area contributed by atoms with Gasteiger partial charge in [0, 0.05) is 11.8 Å². The van der Waals surface area contributed by atoms with Crippen molar-refractivity contribution in [2.45, 2.75) is 25.7 Å². The molecule has 1 N–H and O–H groups in total. The van der Waals surface area contributed by atoms with E-state index in [1.54, 1.807) is 19.1 Å². The molecule has 3 amide bonds. The van der Waals surface area contributed by atoms with Crippen LogP contribution in [-0.2, 0) is 17.5 Å². The molecular weight excluding hydrogens is 363 g/mol. The number of nitrogens with one attached hydrogen (secondary N) is 1. The summed E-state index contributed by atoms with van der Waals surface area (Å²) in [6.45, 7) is 2.04. The minimum atomic E-state index is -4.54. The van der Waals surface area contributed by atoms with Crippen LogP contribution < -0.4 is 10.1 Å². The van der Waals surface area contributed by atoms with Gasteiger partial charge in [0.25, 0.3) is 5.91 Å². The third-order valence-electron chi connectivity index (χ3n) is 4.03. The lowest BCUT2D eigenvalue weighted by molar-refractivity contribution is -0.137. The van der Waals surface area contributed by atoms with Crippen LogP contribution in [0.15, 0.2) is 42.6 Å². The molecule has 0 bridgehead atoms. The third kappa shape index (κ3) is 3.86. The number of carbonyl (C=O) groups is 2. The normalized spacial score (nSPS) is 17.2. The molecule has 0 spiro atoms. The van der Waals surface area contributed by atoms with Crippen LogP contribution >= 0.6 is 0 Å². The minimum Gasteiger partial charge on any atom is -0.478 e. The highest BCUT2D eigenvalue weighted by Gasteiger charge is 2.40. The first-order valence-corrected chi connectivity index (χ1v) is 8.17. The predicted molar refractivity (Wildman–Crippen MR) is 88.7 cm³/mol. The number of hydrogen-bond donors (Lipinski definition) is 1. The van der Waals surface area contributed by atoms with E-state index in [-0.39, 0.29) is 12.1 Å². The number of urea groups is 1. The second kappa shape index (κ2) is 7.26. The van der Waals surface area contributed by atoms with Crippen LogP contribution in [0.2, 0.25) is 0 Å². The third-order valence-corrected chi connectivity index (χ3v) is 4.03. The first-order valence-electron chi connectivity index (χ1n) is 8.17. The van der Waals surface area contributed by atoms with E-state index < -0.39 is 29.7 Å². The Hall–Kier alpha value is -3.10. The molecule has 0 radical (unpaired) electrons. The zero-order valence-electron chi connectivity index (χ0n) is 14.3. The number of hydrogen-bond acceptors (Lipinski definition) is 4. The molecule has 9 heteroatoms. The molecule has 0 aliphatic carbocycles. The Morgan fingerprint density at radius 2 is 2.00 bits per heavy atom. The highest BCUT2D eigenvalue weighted by molar-refractivity contribution is 6.04. The van der Waals surface area contributed by atoms with Crippen molar-refractivity contribution >= 4 is 11.9 Å². The fraction of sp³-hybridized carbons (Fsp3) is 0.278. The monoisotopic (exact) mass is 379 g/mol. The fourth-order valence-corrected chi connectivity index (χ4v) is 2.77. The minimum absolute atomic E-state index is 0.0712. The average molecular weight is 379 g/mol. The summed E-state index contributed by atoms with van der Waals surface area (Å²) >= 11 is 0. The molecule has 6 nitrogen and oxygen atoms in total. The molecule has 1 aromatic carbocycles. The maximum atomic E-state index is 12.9. The summed E-state index contributed by atoms with van der Waals surface area (Å²) in [4.78, 5) is 29.9. The van der Waals surface area contributed by atoms with E-state index in [9.17, 15) is 22.8 Å². The molecule has 1 fully saturated rings. The Morgan fingerprint density at radius 1 is 1.22 bits per heavy atom. The largest absolute Gasteiger partial charge is 0.478 e. The molecule has 1 atom stereocenters. The first-order chi connectivity index (χ1) is 12.8. The molecule has 1 aromatic heterocycles. The van der Waals surface area contributed by atoms with Gasteiger partial charge in [-0.2, -0.15) is 13.2 Å². The van der Waals surface area contributed by atoms with Crippen LogP contribution in [0.1, 0.15) is 29.7 Å². The van der Waals surface area contributed by atoms with Gasteiger partial charge in [-0.15, -0.1) is 0 Å². The maximum absolute atomic E-state index is 12.9. The summed E-state index contributed by atoms with van der Waals surface area (Å²) in [5.41, 5.74) is -0.291. The summed E-state index contributed by atoms with van der Waals surface area (Å²) in [6, 6.07) is 5.79. The number of alkyl halides is 3. The van der Waals surface area contributed by atoms with Gasteiger partial charge in [0.2, 0.25) is 5.88 Å². The summed E-state index contributed by atoms with van der Waals surface area (Å²) in [5, 5.41) is 2.43. The van der Waals surface area contributed by atoms with Crippen LogP contribution in [0.25, 0.3) is 0 Å². The average Bonchev–Trinajstić information content (AvgIpc) is 2.91. The van der Waals surface area contributed by atoms with E-state index in [4.69, 9.17) is 4.74 Å². The van der Waals surface area contributed by atoms with Gasteiger partial charge < -0.3 is 10.1 Å². The van der Waals surface area contributed by atoms with Crippen LogP contribution in [0, 0.1) is 0 Å². The van der Waals surface area contributed by atoms with Crippen molar-refractivity contribution in [1.82, 2.24) is 15.2 Å². The van der Waals surface area contributed by atoms with Crippen LogP contribution in [0.4, 0.5) is 18.0 Å². The van der Waals surface area contributed by atoms with Gasteiger partial charge >= 0.3 is 12.2 Å². The highest BCUT2D eigenvalue weighted by Crippen LogP contribution is 2.32. The Bertz CT molecular complexity index is 870. The smallest absolute Gasteiger partial charge is 0.416 e. The number of halogens is 3. The lowest BCUT2D eigenvalue weighted by Gasteiger charge is -2.15. The SMILES string of the molecule is CCOc1ncccc1CN1C(=O)NC(c2cccc(C(F)(F)F)c2)C1=O. The van der Waals surface area contributed by atoms with Crippen LogP contribution in [0.5, 0.6) is 5.88 Å². The number of carbonyl (C=O) groups excluding carboxylic acids is 2. The maximum Gasteiger partial charge on any atom is 0.416 e.